The fourth-order valence-corrected chi connectivity index (χ4v) is 3.03. The van der Waals surface area contributed by atoms with Gasteiger partial charge in [0.2, 0.25) is 0 Å². The first-order chi connectivity index (χ1) is 8.99. The summed E-state index contributed by atoms with van der Waals surface area (Å²) in [5, 5.41) is 3.72. The van der Waals surface area contributed by atoms with Crippen LogP contribution >= 0.6 is 57.4 Å². The molecule has 0 fully saturated rings. The molecule has 2 nitrogen and oxygen atoms in total. The van der Waals surface area contributed by atoms with Gasteiger partial charge in [0.1, 0.15) is 0 Å². The molecule has 0 aliphatic rings. The fraction of sp³-hybridized carbons (Fsp3) is 0. The SMILES string of the molecule is O=C(Nc1c(Cl)cc(Cl)cc1Cl)c1ccccc1I. The molecule has 0 saturated carbocycles. The standard InChI is InChI=1S/C13H7Cl3INO/c14-7-5-9(15)12(10(16)6-7)18-13(19)8-3-1-2-4-11(8)17/h1-6H,(H,18,19). The number of hydrogen-bond donors (Lipinski definition) is 1. The highest BCUT2D eigenvalue weighted by Gasteiger charge is 2.14. The van der Waals surface area contributed by atoms with E-state index in [1.165, 1.54) is 12.1 Å². The molecule has 1 amide bonds. The molecule has 98 valence electrons. The first-order valence-electron chi connectivity index (χ1n) is 5.19. The average molecular weight is 426 g/mol. The van der Waals surface area contributed by atoms with Crippen molar-refractivity contribution in [3.63, 3.8) is 0 Å². The zero-order valence-corrected chi connectivity index (χ0v) is 13.8. The normalized spacial score (nSPS) is 10.3. The van der Waals surface area contributed by atoms with Crippen molar-refractivity contribution in [2.45, 2.75) is 0 Å². The Hall–Kier alpha value is -0.490. The Morgan fingerprint density at radius 3 is 2.21 bits per heavy atom. The molecule has 0 saturated heterocycles. The zero-order valence-electron chi connectivity index (χ0n) is 9.38. The molecule has 2 rings (SSSR count). The minimum Gasteiger partial charge on any atom is -0.319 e. The lowest BCUT2D eigenvalue weighted by Crippen LogP contribution is -2.14. The molecule has 0 spiro atoms. The number of nitrogens with one attached hydrogen (secondary N) is 1. The van der Waals surface area contributed by atoms with Gasteiger partial charge in [0.25, 0.3) is 5.91 Å². The third-order valence-corrected chi connectivity index (χ3v) is 4.12. The topological polar surface area (TPSA) is 29.1 Å². The molecule has 0 unspecified atom stereocenters. The summed E-state index contributed by atoms with van der Waals surface area (Å²) in [6.45, 7) is 0. The number of carbonyl (C=O) groups is 1. The van der Waals surface area contributed by atoms with Crippen molar-refractivity contribution < 1.29 is 4.79 Å². The van der Waals surface area contributed by atoms with Gasteiger partial charge in [0.15, 0.2) is 0 Å². The summed E-state index contributed by atoms with van der Waals surface area (Å²) in [7, 11) is 0. The van der Waals surface area contributed by atoms with Gasteiger partial charge in [-0.25, -0.2) is 0 Å². The van der Waals surface area contributed by atoms with Gasteiger partial charge < -0.3 is 5.32 Å². The molecule has 0 heterocycles. The number of rotatable bonds is 2. The lowest BCUT2D eigenvalue weighted by molar-refractivity contribution is 0.102. The molecule has 0 aromatic heterocycles. The summed E-state index contributed by atoms with van der Waals surface area (Å²) in [6.07, 6.45) is 0. The van der Waals surface area contributed by atoms with Gasteiger partial charge in [-0.05, 0) is 46.9 Å². The third-order valence-electron chi connectivity index (χ3n) is 2.36. The first kappa shape index (κ1) is 14.9. The Morgan fingerprint density at radius 1 is 1.05 bits per heavy atom. The third kappa shape index (κ3) is 3.54. The molecule has 1 N–H and O–H groups in total. The van der Waals surface area contributed by atoms with Crippen LogP contribution in [0, 0.1) is 3.57 Å². The Morgan fingerprint density at radius 2 is 1.63 bits per heavy atom. The van der Waals surface area contributed by atoms with Crippen molar-refractivity contribution >= 4 is 69.0 Å². The van der Waals surface area contributed by atoms with E-state index < -0.39 is 0 Å². The number of anilines is 1. The van der Waals surface area contributed by atoms with E-state index in [1.54, 1.807) is 12.1 Å². The van der Waals surface area contributed by atoms with E-state index in [0.29, 0.717) is 26.3 Å². The van der Waals surface area contributed by atoms with Crippen molar-refractivity contribution in [2.24, 2.45) is 0 Å². The first-order valence-corrected chi connectivity index (χ1v) is 7.40. The van der Waals surface area contributed by atoms with Gasteiger partial charge in [0, 0.05) is 8.59 Å². The molecular weight excluding hydrogens is 419 g/mol. The molecular formula is C13H7Cl3INO. The summed E-state index contributed by atoms with van der Waals surface area (Å²) < 4.78 is 0.846. The van der Waals surface area contributed by atoms with Crippen molar-refractivity contribution in [3.8, 4) is 0 Å². The van der Waals surface area contributed by atoms with Crippen LogP contribution in [0.25, 0.3) is 0 Å². The van der Waals surface area contributed by atoms with Crippen LogP contribution in [-0.2, 0) is 0 Å². The van der Waals surface area contributed by atoms with Gasteiger partial charge in [0.05, 0.1) is 21.3 Å². The number of carbonyl (C=O) groups excluding carboxylic acids is 1. The quantitative estimate of drug-likeness (QED) is 0.631. The molecule has 2 aromatic carbocycles. The second-order valence-corrected chi connectivity index (χ2v) is 6.09. The summed E-state index contributed by atoms with van der Waals surface area (Å²) in [5.74, 6) is -0.267. The number of halogens is 4. The van der Waals surface area contributed by atoms with E-state index in [-0.39, 0.29) is 5.91 Å². The summed E-state index contributed by atoms with van der Waals surface area (Å²) in [5.41, 5.74) is 0.919. The molecule has 0 bridgehead atoms. The van der Waals surface area contributed by atoms with Crippen molar-refractivity contribution in [2.75, 3.05) is 5.32 Å². The second-order valence-electron chi connectivity index (χ2n) is 3.68. The van der Waals surface area contributed by atoms with Crippen LogP contribution in [-0.4, -0.2) is 5.91 Å². The van der Waals surface area contributed by atoms with E-state index in [4.69, 9.17) is 34.8 Å². The van der Waals surface area contributed by atoms with E-state index in [0.717, 1.165) is 3.57 Å². The van der Waals surface area contributed by atoms with E-state index in [1.807, 2.05) is 12.1 Å². The van der Waals surface area contributed by atoms with Crippen LogP contribution in [0.1, 0.15) is 10.4 Å². The lowest BCUT2D eigenvalue weighted by Gasteiger charge is -2.10. The molecule has 0 aliphatic heterocycles. The summed E-state index contributed by atoms with van der Waals surface area (Å²) in [6, 6.07) is 10.3. The van der Waals surface area contributed by atoms with E-state index >= 15 is 0 Å². The van der Waals surface area contributed by atoms with Gasteiger partial charge >= 0.3 is 0 Å². The van der Waals surface area contributed by atoms with Crippen molar-refractivity contribution in [3.05, 3.63) is 60.6 Å². The van der Waals surface area contributed by atoms with Crippen molar-refractivity contribution in [1.29, 1.82) is 0 Å². The van der Waals surface area contributed by atoms with Crippen LogP contribution in [0.15, 0.2) is 36.4 Å². The fourth-order valence-electron chi connectivity index (χ4n) is 1.49. The predicted octanol–water partition coefficient (Wildman–Crippen LogP) is 5.50. The van der Waals surface area contributed by atoms with E-state index in [2.05, 4.69) is 27.9 Å². The maximum absolute atomic E-state index is 12.2. The molecule has 0 atom stereocenters. The maximum atomic E-state index is 12.2. The van der Waals surface area contributed by atoms with Crippen LogP contribution < -0.4 is 5.32 Å². The van der Waals surface area contributed by atoms with Gasteiger partial charge in [-0.2, -0.15) is 0 Å². The number of benzene rings is 2. The largest absolute Gasteiger partial charge is 0.319 e. The molecule has 6 heteroatoms. The lowest BCUT2D eigenvalue weighted by atomic mass is 10.2. The van der Waals surface area contributed by atoms with E-state index in [9.17, 15) is 4.79 Å². The van der Waals surface area contributed by atoms with Crippen LogP contribution in [0.2, 0.25) is 15.1 Å². The Balaban J connectivity index is 2.32. The highest BCUT2D eigenvalue weighted by atomic mass is 127. The Labute approximate surface area is 139 Å². The van der Waals surface area contributed by atoms with Crippen LogP contribution in [0.4, 0.5) is 5.69 Å². The number of hydrogen-bond acceptors (Lipinski definition) is 1. The predicted molar refractivity (Wildman–Crippen MR) is 88.6 cm³/mol. The second kappa shape index (κ2) is 6.31. The average Bonchev–Trinajstić information content (AvgIpc) is 2.34. The minimum atomic E-state index is -0.267. The smallest absolute Gasteiger partial charge is 0.256 e. The summed E-state index contributed by atoms with van der Waals surface area (Å²) in [4.78, 5) is 12.2. The Kier molecular flexibility index (Phi) is 4.95. The van der Waals surface area contributed by atoms with Gasteiger partial charge in [-0.15, -0.1) is 0 Å². The molecule has 19 heavy (non-hydrogen) atoms. The van der Waals surface area contributed by atoms with Gasteiger partial charge in [-0.3, -0.25) is 4.79 Å². The highest BCUT2D eigenvalue weighted by Crippen LogP contribution is 2.34. The van der Waals surface area contributed by atoms with Crippen LogP contribution in [0.3, 0.4) is 0 Å². The monoisotopic (exact) mass is 425 g/mol. The Bertz CT molecular complexity index is 623. The minimum absolute atomic E-state index is 0.267. The van der Waals surface area contributed by atoms with Gasteiger partial charge in [-0.1, -0.05) is 46.9 Å². The maximum Gasteiger partial charge on any atom is 0.256 e. The number of amides is 1. The zero-order chi connectivity index (χ0) is 14.0. The summed E-state index contributed by atoms with van der Waals surface area (Å²) >= 11 is 20.0. The van der Waals surface area contributed by atoms with Crippen molar-refractivity contribution in [1.82, 2.24) is 0 Å². The molecule has 0 aliphatic carbocycles. The highest BCUT2D eigenvalue weighted by molar-refractivity contribution is 14.1. The molecule has 0 radical (unpaired) electrons. The van der Waals surface area contributed by atoms with Crippen LogP contribution in [0.5, 0.6) is 0 Å². The molecule has 2 aromatic rings.